The van der Waals surface area contributed by atoms with Gasteiger partial charge in [0, 0.05) is 36.6 Å². The van der Waals surface area contributed by atoms with E-state index in [1.807, 2.05) is 24.3 Å². The Morgan fingerprint density at radius 2 is 2.08 bits per heavy atom. The fourth-order valence-corrected chi connectivity index (χ4v) is 3.52. The number of para-hydroxylation sites is 1. The van der Waals surface area contributed by atoms with Gasteiger partial charge in [0.1, 0.15) is 5.75 Å². The van der Waals surface area contributed by atoms with E-state index in [2.05, 4.69) is 46.7 Å². The van der Waals surface area contributed by atoms with E-state index in [9.17, 15) is 0 Å². The molecule has 0 bridgehead atoms. The van der Waals surface area contributed by atoms with E-state index in [4.69, 9.17) is 17.0 Å². The molecule has 1 aliphatic heterocycles. The molecule has 1 aliphatic rings. The standard InChI is InChI=1S/C20H25N3OS/c1-15-13-16-7-3-4-10-19(16)23(15)12-6-11-21-20(25)22-17-8-5-9-18(14-17)24-2/h3-5,7-10,14-15H,6,11-13H2,1-2H3,(H2,21,22,25)/t15-/m1/s1. The second-order valence-corrected chi connectivity index (χ2v) is 6.75. The molecule has 0 saturated carbocycles. The fourth-order valence-electron chi connectivity index (χ4n) is 3.30. The van der Waals surface area contributed by atoms with Gasteiger partial charge in [0.15, 0.2) is 5.11 Å². The monoisotopic (exact) mass is 355 g/mol. The molecule has 0 spiro atoms. The minimum absolute atomic E-state index is 0.569. The summed E-state index contributed by atoms with van der Waals surface area (Å²) in [5.41, 5.74) is 3.77. The van der Waals surface area contributed by atoms with Crippen LogP contribution in [0.15, 0.2) is 48.5 Å². The number of thiocarbonyl (C=S) groups is 1. The van der Waals surface area contributed by atoms with Crippen LogP contribution in [0.1, 0.15) is 18.9 Å². The smallest absolute Gasteiger partial charge is 0.170 e. The predicted octanol–water partition coefficient (Wildman–Crippen LogP) is 3.82. The zero-order chi connectivity index (χ0) is 17.6. The van der Waals surface area contributed by atoms with Gasteiger partial charge in [0.2, 0.25) is 0 Å². The van der Waals surface area contributed by atoms with E-state index in [1.54, 1.807) is 7.11 Å². The molecule has 4 nitrogen and oxygen atoms in total. The lowest BCUT2D eigenvalue weighted by molar-refractivity contribution is 0.415. The van der Waals surface area contributed by atoms with Crippen molar-refractivity contribution in [3.8, 4) is 5.75 Å². The number of nitrogens with zero attached hydrogens (tertiary/aromatic N) is 1. The highest BCUT2D eigenvalue weighted by Crippen LogP contribution is 2.31. The highest BCUT2D eigenvalue weighted by molar-refractivity contribution is 7.80. The minimum atomic E-state index is 0.569. The molecule has 2 aromatic carbocycles. The SMILES string of the molecule is COc1cccc(NC(=S)NCCCN2c3ccccc3C[C@H]2C)c1. The van der Waals surface area contributed by atoms with Crippen LogP contribution in [-0.4, -0.2) is 31.4 Å². The number of hydrogen-bond donors (Lipinski definition) is 2. The lowest BCUT2D eigenvalue weighted by atomic mass is 10.1. The zero-order valence-corrected chi connectivity index (χ0v) is 15.6. The molecular weight excluding hydrogens is 330 g/mol. The number of fused-ring (bicyclic) bond motifs is 1. The summed E-state index contributed by atoms with van der Waals surface area (Å²) in [6.07, 6.45) is 2.18. The van der Waals surface area contributed by atoms with E-state index in [-0.39, 0.29) is 0 Å². The molecule has 0 aromatic heterocycles. The van der Waals surface area contributed by atoms with Gasteiger partial charge < -0.3 is 20.3 Å². The summed E-state index contributed by atoms with van der Waals surface area (Å²) in [7, 11) is 1.66. The van der Waals surface area contributed by atoms with Gasteiger partial charge in [-0.3, -0.25) is 0 Å². The maximum Gasteiger partial charge on any atom is 0.170 e. The molecule has 3 rings (SSSR count). The zero-order valence-electron chi connectivity index (χ0n) is 14.8. The van der Waals surface area contributed by atoms with Gasteiger partial charge in [0.25, 0.3) is 0 Å². The third-order valence-electron chi connectivity index (χ3n) is 4.54. The van der Waals surface area contributed by atoms with Crippen molar-refractivity contribution in [2.45, 2.75) is 25.8 Å². The molecule has 25 heavy (non-hydrogen) atoms. The number of methoxy groups -OCH3 is 1. The molecule has 2 N–H and O–H groups in total. The first-order valence-corrected chi connectivity index (χ1v) is 9.11. The van der Waals surface area contributed by atoms with Gasteiger partial charge in [-0.1, -0.05) is 24.3 Å². The highest BCUT2D eigenvalue weighted by atomic mass is 32.1. The van der Waals surface area contributed by atoms with Gasteiger partial charge in [-0.25, -0.2) is 0 Å². The average molecular weight is 356 g/mol. The van der Waals surface area contributed by atoms with E-state index in [1.165, 1.54) is 11.3 Å². The average Bonchev–Trinajstić information content (AvgIpc) is 2.94. The van der Waals surface area contributed by atoms with Crippen molar-refractivity contribution >= 4 is 28.7 Å². The molecule has 132 valence electrons. The van der Waals surface area contributed by atoms with Crippen molar-refractivity contribution in [2.75, 3.05) is 30.4 Å². The first kappa shape index (κ1) is 17.5. The van der Waals surface area contributed by atoms with Gasteiger partial charge in [-0.2, -0.15) is 0 Å². The van der Waals surface area contributed by atoms with Crippen LogP contribution in [-0.2, 0) is 6.42 Å². The summed E-state index contributed by atoms with van der Waals surface area (Å²) in [6.45, 7) is 4.18. The second-order valence-electron chi connectivity index (χ2n) is 6.34. The maximum atomic E-state index is 5.37. The Hall–Kier alpha value is -2.27. The van der Waals surface area contributed by atoms with Crippen molar-refractivity contribution in [3.63, 3.8) is 0 Å². The first-order valence-electron chi connectivity index (χ1n) is 8.71. The molecular formula is C20H25N3OS. The number of ether oxygens (including phenoxy) is 1. The summed E-state index contributed by atoms with van der Waals surface area (Å²) >= 11 is 5.37. The molecule has 1 atom stereocenters. The molecule has 0 unspecified atom stereocenters. The van der Waals surface area contributed by atoms with Crippen LogP contribution in [0.4, 0.5) is 11.4 Å². The van der Waals surface area contributed by atoms with Gasteiger partial charge in [-0.05, 0) is 55.7 Å². The minimum Gasteiger partial charge on any atom is -0.497 e. The van der Waals surface area contributed by atoms with Crippen LogP contribution in [0.3, 0.4) is 0 Å². The van der Waals surface area contributed by atoms with Crippen molar-refractivity contribution in [1.29, 1.82) is 0 Å². The van der Waals surface area contributed by atoms with Crippen LogP contribution < -0.4 is 20.3 Å². The van der Waals surface area contributed by atoms with Crippen LogP contribution in [0.25, 0.3) is 0 Å². The largest absolute Gasteiger partial charge is 0.497 e. The quantitative estimate of drug-likeness (QED) is 0.608. The Labute approximate surface area is 155 Å². The molecule has 0 radical (unpaired) electrons. The fraction of sp³-hybridized carbons (Fsp3) is 0.350. The van der Waals surface area contributed by atoms with Crippen molar-refractivity contribution < 1.29 is 4.74 Å². The molecule has 2 aromatic rings. The summed E-state index contributed by atoms with van der Waals surface area (Å²) in [4.78, 5) is 2.50. The normalized spacial score (nSPS) is 15.6. The third-order valence-corrected chi connectivity index (χ3v) is 4.78. The maximum absolute atomic E-state index is 5.37. The molecule has 0 saturated heterocycles. The second kappa shape index (κ2) is 8.21. The Kier molecular flexibility index (Phi) is 5.76. The predicted molar refractivity (Wildman–Crippen MR) is 109 cm³/mol. The van der Waals surface area contributed by atoms with Gasteiger partial charge >= 0.3 is 0 Å². The van der Waals surface area contributed by atoms with Gasteiger partial charge in [-0.15, -0.1) is 0 Å². The lowest BCUT2D eigenvalue weighted by Gasteiger charge is -2.25. The Bertz CT molecular complexity index is 734. The molecule has 0 aliphatic carbocycles. The number of rotatable bonds is 6. The van der Waals surface area contributed by atoms with E-state index >= 15 is 0 Å². The number of nitrogens with one attached hydrogen (secondary N) is 2. The molecule has 1 heterocycles. The summed E-state index contributed by atoms with van der Waals surface area (Å²) in [5.74, 6) is 0.814. The lowest BCUT2D eigenvalue weighted by Crippen LogP contribution is -2.34. The van der Waals surface area contributed by atoms with Crippen molar-refractivity contribution in [1.82, 2.24) is 5.32 Å². The number of hydrogen-bond acceptors (Lipinski definition) is 3. The van der Waals surface area contributed by atoms with Crippen LogP contribution in [0.5, 0.6) is 5.75 Å². The van der Waals surface area contributed by atoms with Crippen LogP contribution in [0, 0.1) is 0 Å². The Morgan fingerprint density at radius 3 is 2.92 bits per heavy atom. The third kappa shape index (κ3) is 4.42. The van der Waals surface area contributed by atoms with Crippen molar-refractivity contribution in [2.24, 2.45) is 0 Å². The number of benzene rings is 2. The Morgan fingerprint density at radius 1 is 1.24 bits per heavy atom. The van der Waals surface area contributed by atoms with Gasteiger partial charge in [0.05, 0.1) is 7.11 Å². The highest BCUT2D eigenvalue weighted by Gasteiger charge is 2.24. The molecule has 5 heteroatoms. The summed E-state index contributed by atoms with van der Waals surface area (Å²) in [6, 6.07) is 17.0. The molecule has 0 fully saturated rings. The molecule has 0 amide bonds. The Balaban J connectivity index is 1.43. The van der Waals surface area contributed by atoms with E-state index < -0.39 is 0 Å². The van der Waals surface area contributed by atoms with E-state index in [0.29, 0.717) is 11.2 Å². The van der Waals surface area contributed by atoms with Crippen LogP contribution >= 0.6 is 12.2 Å². The summed E-state index contributed by atoms with van der Waals surface area (Å²) in [5, 5.41) is 7.12. The first-order chi connectivity index (χ1) is 12.2. The van der Waals surface area contributed by atoms with Crippen LogP contribution in [0.2, 0.25) is 0 Å². The van der Waals surface area contributed by atoms with E-state index in [0.717, 1.165) is 37.4 Å². The topological polar surface area (TPSA) is 36.5 Å². The summed E-state index contributed by atoms with van der Waals surface area (Å²) < 4.78 is 5.22. The van der Waals surface area contributed by atoms with Crippen molar-refractivity contribution in [3.05, 3.63) is 54.1 Å². The number of anilines is 2.